The number of nitriles is 1. The molecule has 1 atom stereocenters. The van der Waals surface area contributed by atoms with Crippen LogP contribution in [0, 0.1) is 16.7 Å². The Kier molecular flexibility index (Phi) is 6.61. The van der Waals surface area contributed by atoms with E-state index in [0.29, 0.717) is 15.4 Å². The van der Waals surface area contributed by atoms with E-state index in [1.807, 2.05) is 6.07 Å². The molecule has 1 aliphatic heterocycles. The van der Waals surface area contributed by atoms with Crippen molar-refractivity contribution in [2.45, 2.75) is 56.6 Å². The quantitative estimate of drug-likeness (QED) is 0.548. The topological polar surface area (TPSA) is 60.2 Å². The first-order valence-corrected chi connectivity index (χ1v) is 11.0. The summed E-state index contributed by atoms with van der Waals surface area (Å²) in [5, 5.41) is 19.4. The van der Waals surface area contributed by atoms with Crippen LogP contribution in [0.2, 0.25) is 0 Å². The lowest BCUT2D eigenvalue weighted by atomic mass is 9.66. The Morgan fingerprint density at radius 3 is 2.30 bits per heavy atom. The van der Waals surface area contributed by atoms with Gasteiger partial charge >= 0.3 is 12.4 Å². The maximum atomic E-state index is 14.0. The molecule has 3 rings (SSSR count). The molecule has 0 saturated carbocycles. The molecule has 0 aromatic carbocycles. The predicted molar refractivity (Wildman–Crippen MR) is 110 cm³/mol. The highest BCUT2D eigenvalue weighted by molar-refractivity contribution is 7.12. The number of alkyl halides is 6. The number of aliphatic hydroxyl groups is 1. The number of hydrogen-bond donors (Lipinski definition) is 1. The fraction of sp³-hybridized carbons (Fsp3) is 0.545. The number of rotatable bonds is 6. The summed E-state index contributed by atoms with van der Waals surface area (Å²) >= 11 is 1.01. The third-order valence-corrected chi connectivity index (χ3v) is 7.70. The third-order valence-electron chi connectivity index (χ3n) is 6.65. The molecule has 0 bridgehead atoms. The summed E-state index contributed by atoms with van der Waals surface area (Å²) in [5.41, 5.74) is -7.89. The number of likely N-dealkylation sites (tertiary alicyclic amines) is 1. The smallest absolute Gasteiger partial charge is 0.373 e. The Balaban J connectivity index is 2.03. The number of aromatic nitrogens is 1. The summed E-state index contributed by atoms with van der Waals surface area (Å²) in [7, 11) is 0. The SMILES string of the molecule is CC(C)(c1ccccn1)N1CC[C@@](CCc2ccc(C#N)s2)(C(O)(C(F)(F)F)C(F)(F)F)C1. The zero-order chi connectivity index (χ0) is 24.7. The van der Waals surface area contributed by atoms with Crippen molar-refractivity contribution in [2.75, 3.05) is 13.1 Å². The highest BCUT2D eigenvalue weighted by atomic mass is 32.1. The van der Waals surface area contributed by atoms with Crippen LogP contribution in [0.25, 0.3) is 0 Å². The van der Waals surface area contributed by atoms with Crippen LogP contribution in [0.3, 0.4) is 0 Å². The summed E-state index contributed by atoms with van der Waals surface area (Å²) in [6.07, 6.45) is -11.5. The highest BCUT2D eigenvalue weighted by Crippen LogP contribution is 2.59. The van der Waals surface area contributed by atoms with Crippen LogP contribution in [0.1, 0.15) is 42.1 Å². The van der Waals surface area contributed by atoms with E-state index in [9.17, 15) is 31.4 Å². The van der Waals surface area contributed by atoms with Crippen LogP contribution in [-0.4, -0.2) is 46.0 Å². The molecule has 4 nitrogen and oxygen atoms in total. The van der Waals surface area contributed by atoms with Crippen molar-refractivity contribution in [3.8, 4) is 6.07 Å². The number of halogens is 6. The Hall–Kier alpha value is -2.16. The molecular formula is C22H23F6N3OS. The van der Waals surface area contributed by atoms with E-state index in [1.165, 1.54) is 23.2 Å². The van der Waals surface area contributed by atoms with E-state index in [2.05, 4.69) is 4.98 Å². The fourth-order valence-corrected chi connectivity index (χ4v) is 5.42. The van der Waals surface area contributed by atoms with Crippen molar-refractivity contribution in [3.63, 3.8) is 0 Å². The lowest BCUT2D eigenvalue weighted by molar-refractivity contribution is -0.403. The molecule has 2 aromatic heterocycles. The second-order valence-electron chi connectivity index (χ2n) is 8.81. The van der Waals surface area contributed by atoms with Crippen LogP contribution in [0.15, 0.2) is 36.5 Å². The van der Waals surface area contributed by atoms with Gasteiger partial charge in [0.05, 0.1) is 11.2 Å². The van der Waals surface area contributed by atoms with Crippen molar-refractivity contribution in [1.82, 2.24) is 9.88 Å². The molecule has 0 aliphatic carbocycles. The molecule has 11 heteroatoms. The van der Waals surface area contributed by atoms with Gasteiger partial charge in [0.2, 0.25) is 0 Å². The first kappa shape index (κ1) is 25.5. The molecule has 2 aromatic rings. The van der Waals surface area contributed by atoms with Crippen molar-refractivity contribution in [2.24, 2.45) is 5.41 Å². The van der Waals surface area contributed by atoms with E-state index in [1.54, 1.807) is 32.0 Å². The lowest BCUT2D eigenvalue weighted by Gasteiger charge is -2.47. The second kappa shape index (κ2) is 8.56. The van der Waals surface area contributed by atoms with Gasteiger partial charge < -0.3 is 5.11 Å². The van der Waals surface area contributed by atoms with Gasteiger partial charge in [-0.1, -0.05) is 6.07 Å². The summed E-state index contributed by atoms with van der Waals surface area (Å²) in [6, 6.07) is 9.91. The summed E-state index contributed by atoms with van der Waals surface area (Å²) < 4.78 is 83.9. The normalized spacial score (nSPS) is 20.7. The summed E-state index contributed by atoms with van der Waals surface area (Å²) in [5.74, 6) is 0. The van der Waals surface area contributed by atoms with Crippen LogP contribution in [0.5, 0.6) is 0 Å². The van der Waals surface area contributed by atoms with E-state index in [4.69, 9.17) is 5.26 Å². The minimum atomic E-state index is -5.93. The largest absolute Gasteiger partial charge is 0.426 e. The molecule has 0 radical (unpaired) electrons. The summed E-state index contributed by atoms with van der Waals surface area (Å²) in [6.45, 7) is 2.67. The molecule has 1 aliphatic rings. The second-order valence-corrected chi connectivity index (χ2v) is 9.98. The molecule has 3 heterocycles. The standard InChI is InChI=1S/C22H23F6N3OS/c1-18(2,17-5-3-4-11-30-17)31-12-10-19(14-31,9-8-15-6-7-16(13-29)33-15)20(32,21(23,24)25)22(26,27)28/h3-7,11,32H,8-10,12,14H2,1-2H3/t19-/m1/s1. The van der Waals surface area contributed by atoms with Gasteiger partial charge in [-0.2, -0.15) is 31.6 Å². The lowest BCUT2D eigenvalue weighted by Crippen LogP contribution is -2.68. The van der Waals surface area contributed by atoms with Gasteiger partial charge in [0, 0.05) is 23.0 Å². The third kappa shape index (κ3) is 4.36. The Morgan fingerprint density at radius 1 is 1.12 bits per heavy atom. The van der Waals surface area contributed by atoms with E-state index in [-0.39, 0.29) is 13.0 Å². The van der Waals surface area contributed by atoms with E-state index < -0.39 is 48.3 Å². The first-order valence-electron chi connectivity index (χ1n) is 10.2. The van der Waals surface area contributed by atoms with Crippen molar-refractivity contribution >= 4 is 11.3 Å². The molecule has 0 amide bonds. The van der Waals surface area contributed by atoms with E-state index in [0.717, 1.165) is 11.3 Å². The first-order chi connectivity index (χ1) is 15.2. The highest BCUT2D eigenvalue weighted by Gasteiger charge is 2.79. The average Bonchev–Trinajstić information content (AvgIpc) is 3.39. The maximum Gasteiger partial charge on any atom is 0.426 e. The zero-order valence-electron chi connectivity index (χ0n) is 18.0. The van der Waals surface area contributed by atoms with Gasteiger partial charge in [0.25, 0.3) is 5.60 Å². The fourth-order valence-electron chi connectivity index (χ4n) is 4.61. The molecule has 180 valence electrons. The Labute approximate surface area is 191 Å². The van der Waals surface area contributed by atoms with Crippen LogP contribution < -0.4 is 0 Å². The van der Waals surface area contributed by atoms with Gasteiger partial charge in [-0.25, -0.2) is 0 Å². The molecule has 1 N–H and O–H groups in total. The molecule has 0 spiro atoms. The van der Waals surface area contributed by atoms with Crippen molar-refractivity contribution in [3.05, 3.63) is 52.0 Å². The number of aryl methyl sites for hydroxylation is 1. The Bertz CT molecular complexity index is 998. The number of hydrogen-bond acceptors (Lipinski definition) is 5. The van der Waals surface area contributed by atoms with Gasteiger partial charge in [0.1, 0.15) is 10.9 Å². The minimum Gasteiger partial charge on any atom is -0.373 e. The van der Waals surface area contributed by atoms with Crippen molar-refractivity contribution < 1.29 is 31.4 Å². The Morgan fingerprint density at radius 2 is 1.79 bits per heavy atom. The van der Waals surface area contributed by atoms with Gasteiger partial charge in [0.15, 0.2) is 0 Å². The average molecular weight is 492 g/mol. The van der Waals surface area contributed by atoms with Crippen LogP contribution >= 0.6 is 11.3 Å². The molecular weight excluding hydrogens is 468 g/mol. The number of thiophene rings is 1. The van der Waals surface area contributed by atoms with Crippen LogP contribution in [0.4, 0.5) is 26.3 Å². The number of nitrogens with zero attached hydrogens (tertiary/aromatic N) is 3. The van der Waals surface area contributed by atoms with Gasteiger partial charge in [-0.3, -0.25) is 9.88 Å². The van der Waals surface area contributed by atoms with Gasteiger partial charge in [-0.15, -0.1) is 11.3 Å². The maximum absolute atomic E-state index is 14.0. The molecule has 1 fully saturated rings. The number of pyridine rings is 1. The zero-order valence-corrected chi connectivity index (χ0v) is 18.8. The minimum absolute atomic E-state index is 0.0775. The van der Waals surface area contributed by atoms with E-state index >= 15 is 0 Å². The molecule has 0 unspecified atom stereocenters. The summed E-state index contributed by atoms with van der Waals surface area (Å²) in [4.78, 5) is 6.55. The van der Waals surface area contributed by atoms with Crippen molar-refractivity contribution in [1.29, 1.82) is 5.26 Å². The molecule has 33 heavy (non-hydrogen) atoms. The molecule has 1 saturated heterocycles. The monoisotopic (exact) mass is 491 g/mol. The predicted octanol–water partition coefficient (Wildman–Crippen LogP) is 5.43. The van der Waals surface area contributed by atoms with Gasteiger partial charge in [-0.05, 0) is 63.9 Å². The van der Waals surface area contributed by atoms with Crippen LogP contribution in [-0.2, 0) is 12.0 Å².